The normalized spacial score (nSPS) is 16.8. The molecular weight excluding hydrogens is 323 g/mol. The fraction of sp³-hybridized carbons (Fsp3) is 0.182. The standard InChI is InChI=1S/C22H19BO3/c24-23(25)22-18(11-12-26-22)16-6-5-15-8-9-19-17-4-2-1-3-14(17)7-10-20(19)21(15)13-16/h1-4,7-12,16,24-25H,5-6,13H2. The fourth-order valence-electron chi connectivity index (χ4n) is 4.49. The van der Waals surface area contributed by atoms with E-state index in [1.165, 1.54) is 32.7 Å². The molecule has 0 saturated heterocycles. The van der Waals surface area contributed by atoms with Crippen LogP contribution in [0.4, 0.5) is 0 Å². The van der Waals surface area contributed by atoms with Crippen molar-refractivity contribution in [2.24, 2.45) is 0 Å². The van der Waals surface area contributed by atoms with E-state index in [0.29, 0.717) is 0 Å². The van der Waals surface area contributed by atoms with Crippen molar-refractivity contribution in [1.29, 1.82) is 0 Å². The fourth-order valence-corrected chi connectivity index (χ4v) is 4.49. The molecule has 3 aromatic carbocycles. The topological polar surface area (TPSA) is 53.6 Å². The average Bonchev–Trinajstić information content (AvgIpc) is 3.17. The van der Waals surface area contributed by atoms with E-state index in [9.17, 15) is 10.0 Å². The van der Waals surface area contributed by atoms with Crippen molar-refractivity contribution in [2.75, 3.05) is 0 Å². The summed E-state index contributed by atoms with van der Waals surface area (Å²) in [4.78, 5) is 0. The van der Waals surface area contributed by atoms with Gasteiger partial charge in [0.05, 0.1) is 6.26 Å². The molecule has 0 radical (unpaired) electrons. The van der Waals surface area contributed by atoms with Gasteiger partial charge in [0.2, 0.25) is 0 Å². The van der Waals surface area contributed by atoms with Gasteiger partial charge in [-0.05, 0) is 69.5 Å². The van der Waals surface area contributed by atoms with Crippen molar-refractivity contribution in [1.82, 2.24) is 0 Å². The lowest BCUT2D eigenvalue weighted by atomic mass is 9.74. The SMILES string of the molecule is OB(O)c1occc1C1CCc2ccc3c(ccc4ccccc43)c2C1. The number of aryl methyl sites for hydroxylation is 1. The molecule has 128 valence electrons. The highest BCUT2D eigenvalue weighted by molar-refractivity contribution is 6.57. The Labute approximate surface area is 152 Å². The van der Waals surface area contributed by atoms with E-state index in [1.54, 1.807) is 6.26 Å². The van der Waals surface area contributed by atoms with Gasteiger partial charge in [0.1, 0.15) is 5.66 Å². The van der Waals surface area contributed by atoms with Crippen molar-refractivity contribution in [3.63, 3.8) is 0 Å². The minimum Gasteiger partial charge on any atom is -0.473 e. The average molecular weight is 342 g/mol. The zero-order chi connectivity index (χ0) is 17.7. The van der Waals surface area contributed by atoms with Gasteiger partial charge in [-0.2, -0.15) is 0 Å². The van der Waals surface area contributed by atoms with Crippen LogP contribution in [-0.4, -0.2) is 17.2 Å². The molecule has 1 aliphatic rings. The second kappa shape index (κ2) is 6.01. The first-order valence-corrected chi connectivity index (χ1v) is 9.08. The number of hydrogen-bond donors (Lipinski definition) is 2. The summed E-state index contributed by atoms with van der Waals surface area (Å²) in [6.45, 7) is 0. The van der Waals surface area contributed by atoms with Crippen LogP contribution in [-0.2, 0) is 12.8 Å². The quantitative estimate of drug-likeness (QED) is 0.433. The number of furan rings is 1. The lowest BCUT2D eigenvalue weighted by Gasteiger charge is -2.26. The summed E-state index contributed by atoms with van der Waals surface area (Å²) in [5, 5.41) is 24.3. The molecule has 0 bridgehead atoms. The lowest BCUT2D eigenvalue weighted by Crippen LogP contribution is -2.33. The molecule has 1 aliphatic carbocycles. The van der Waals surface area contributed by atoms with Crippen molar-refractivity contribution < 1.29 is 14.5 Å². The van der Waals surface area contributed by atoms with Crippen molar-refractivity contribution in [2.45, 2.75) is 25.2 Å². The smallest absolute Gasteiger partial charge is 0.473 e. The van der Waals surface area contributed by atoms with Crippen LogP contribution in [0.15, 0.2) is 65.3 Å². The highest BCUT2D eigenvalue weighted by Crippen LogP contribution is 2.38. The molecule has 1 unspecified atom stereocenters. The number of fused-ring (bicyclic) bond motifs is 5. The van der Waals surface area contributed by atoms with Gasteiger partial charge < -0.3 is 14.5 Å². The highest BCUT2D eigenvalue weighted by Gasteiger charge is 2.29. The molecule has 1 heterocycles. The molecular formula is C22H19BO3. The van der Waals surface area contributed by atoms with Crippen molar-refractivity contribution in [3.05, 3.63) is 77.6 Å². The number of hydrogen-bond acceptors (Lipinski definition) is 3. The number of benzene rings is 3. The summed E-state index contributed by atoms with van der Waals surface area (Å²) in [6.07, 6.45) is 4.43. The molecule has 1 aromatic heterocycles. The van der Waals surface area contributed by atoms with Crippen LogP contribution in [0.25, 0.3) is 21.5 Å². The molecule has 0 spiro atoms. The first-order valence-electron chi connectivity index (χ1n) is 9.08. The summed E-state index contributed by atoms with van der Waals surface area (Å²) < 4.78 is 5.31. The Bertz CT molecular complexity index is 1110. The van der Waals surface area contributed by atoms with E-state index in [1.807, 2.05) is 6.07 Å². The Morgan fingerprint density at radius 2 is 1.73 bits per heavy atom. The Kier molecular flexibility index (Phi) is 3.62. The van der Waals surface area contributed by atoms with Crippen molar-refractivity contribution in [3.8, 4) is 0 Å². The van der Waals surface area contributed by atoms with Gasteiger partial charge in [-0.25, -0.2) is 0 Å². The maximum atomic E-state index is 9.57. The lowest BCUT2D eigenvalue weighted by molar-refractivity contribution is 0.407. The monoisotopic (exact) mass is 342 g/mol. The van der Waals surface area contributed by atoms with Crippen LogP contribution in [0, 0.1) is 0 Å². The maximum absolute atomic E-state index is 9.57. The van der Waals surface area contributed by atoms with E-state index in [0.717, 1.165) is 24.8 Å². The van der Waals surface area contributed by atoms with Gasteiger partial charge >= 0.3 is 7.12 Å². The van der Waals surface area contributed by atoms with Crippen LogP contribution in [0.2, 0.25) is 0 Å². The summed E-state index contributed by atoms with van der Waals surface area (Å²) in [6, 6.07) is 19.3. The molecule has 0 fully saturated rings. The maximum Gasteiger partial charge on any atom is 0.526 e. The van der Waals surface area contributed by atoms with Gasteiger partial charge in [-0.15, -0.1) is 0 Å². The molecule has 26 heavy (non-hydrogen) atoms. The van der Waals surface area contributed by atoms with Gasteiger partial charge in [0.25, 0.3) is 0 Å². The van der Waals surface area contributed by atoms with E-state index < -0.39 is 7.12 Å². The Hall–Kier alpha value is -2.56. The molecule has 5 rings (SSSR count). The Balaban J connectivity index is 1.65. The Morgan fingerprint density at radius 3 is 2.62 bits per heavy atom. The van der Waals surface area contributed by atoms with E-state index in [4.69, 9.17) is 4.42 Å². The molecule has 0 saturated carbocycles. The van der Waals surface area contributed by atoms with Crippen LogP contribution < -0.4 is 5.66 Å². The second-order valence-electron chi connectivity index (χ2n) is 7.14. The molecule has 3 nitrogen and oxygen atoms in total. The predicted octanol–water partition coefficient (Wildman–Crippen LogP) is 3.54. The van der Waals surface area contributed by atoms with Crippen LogP contribution in [0.3, 0.4) is 0 Å². The molecule has 1 atom stereocenters. The van der Waals surface area contributed by atoms with E-state index in [2.05, 4.69) is 48.5 Å². The van der Waals surface area contributed by atoms with Crippen molar-refractivity contribution >= 4 is 34.3 Å². The molecule has 0 amide bonds. The minimum atomic E-state index is -1.56. The summed E-state index contributed by atoms with van der Waals surface area (Å²) in [7, 11) is -1.56. The van der Waals surface area contributed by atoms with Crippen LogP contribution >= 0.6 is 0 Å². The third-order valence-electron chi connectivity index (χ3n) is 5.75. The number of rotatable bonds is 2. The predicted molar refractivity (Wildman–Crippen MR) is 105 cm³/mol. The third kappa shape index (κ3) is 2.37. The molecule has 4 heteroatoms. The zero-order valence-electron chi connectivity index (χ0n) is 14.4. The van der Waals surface area contributed by atoms with Gasteiger partial charge in [0, 0.05) is 0 Å². The largest absolute Gasteiger partial charge is 0.526 e. The molecule has 2 N–H and O–H groups in total. The zero-order valence-corrected chi connectivity index (χ0v) is 14.4. The third-order valence-corrected chi connectivity index (χ3v) is 5.75. The van der Waals surface area contributed by atoms with Crippen LogP contribution in [0.1, 0.15) is 29.0 Å². The molecule has 0 aliphatic heterocycles. The van der Waals surface area contributed by atoms with Gasteiger partial charge in [0.15, 0.2) is 0 Å². The van der Waals surface area contributed by atoms with Gasteiger partial charge in [-0.1, -0.05) is 48.5 Å². The van der Waals surface area contributed by atoms with E-state index in [-0.39, 0.29) is 11.6 Å². The highest BCUT2D eigenvalue weighted by atomic mass is 16.4. The first-order chi connectivity index (χ1) is 12.7. The Morgan fingerprint density at radius 1 is 0.885 bits per heavy atom. The first kappa shape index (κ1) is 15.7. The van der Waals surface area contributed by atoms with E-state index >= 15 is 0 Å². The molecule has 4 aromatic rings. The van der Waals surface area contributed by atoms with Gasteiger partial charge in [-0.3, -0.25) is 0 Å². The van der Waals surface area contributed by atoms with Crippen LogP contribution in [0.5, 0.6) is 0 Å². The second-order valence-corrected chi connectivity index (χ2v) is 7.14. The summed E-state index contributed by atoms with van der Waals surface area (Å²) in [5.74, 6) is 0.245. The minimum absolute atomic E-state index is 0.245. The summed E-state index contributed by atoms with van der Waals surface area (Å²) in [5.41, 5.74) is 3.98. The summed E-state index contributed by atoms with van der Waals surface area (Å²) >= 11 is 0.